The minimum atomic E-state index is 0.342. The Morgan fingerprint density at radius 2 is 2.07 bits per heavy atom. The molecule has 1 aromatic rings. The predicted molar refractivity (Wildman–Crippen MR) is 72.9 cm³/mol. The minimum absolute atomic E-state index is 0.342. The van der Waals surface area contributed by atoms with E-state index in [4.69, 9.17) is 0 Å². The summed E-state index contributed by atoms with van der Waals surface area (Å²) in [7, 11) is 0. The lowest BCUT2D eigenvalue weighted by atomic mass is 9.86. The van der Waals surface area contributed by atoms with Crippen LogP contribution in [0.5, 0.6) is 0 Å². The first-order valence-electron chi connectivity index (χ1n) is 4.92. The average molecular weight is 365 g/mol. The van der Waals surface area contributed by atoms with Crippen molar-refractivity contribution in [3.8, 4) is 0 Å². The highest BCUT2D eigenvalue weighted by Crippen LogP contribution is 2.49. The maximum absolute atomic E-state index is 3.67. The van der Waals surface area contributed by atoms with Crippen molar-refractivity contribution in [1.82, 2.24) is 0 Å². The van der Waals surface area contributed by atoms with Crippen LogP contribution in [0.3, 0.4) is 0 Å². The monoisotopic (exact) mass is 364 g/mol. The predicted octanol–water partition coefficient (Wildman–Crippen LogP) is 4.84. The molecular formula is C12H14BrI. The van der Waals surface area contributed by atoms with Gasteiger partial charge in [-0.1, -0.05) is 36.7 Å². The quantitative estimate of drug-likeness (QED) is 0.578. The zero-order valence-corrected chi connectivity index (χ0v) is 12.4. The van der Waals surface area contributed by atoms with Crippen LogP contribution < -0.4 is 0 Å². The molecule has 0 unspecified atom stereocenters. The summed E-state index contributed by atoms with van der Waals surface area (Å²) in [5, 5.41) is 0. The van der Waals surface area contributed by atoms with Crippen LogP contribution in [0.1, 0.15) is 44.2 Å². The Bertz CT molecular complexity index is 382. The van der Waals surface area contributed by atoms with Gasteiger partial charge in [-0.2, -0.15) is 0 Å². The average Bonchev–Trinajstić information content (AvgIpc) is 2.30. The van der Waals surface area contributed by atoms with E-state index in [0.717, 1.165) is 0 Å². The van der Waals surface area contributed by atoms with E-state index in [-0.39, 0.29) is 0 Å². The van der Waals surface area contributed by atoms with Crippen molar-refractivity contribution in [2.75, 3.05) is 0 Å². The third-order valence-electron chi connectivity index (χ3n) is 3.13. The molecule has 0 spiro atoms. The molecule has 0 radical (unpaired) electrons. The van der Waals surface area contributed by atoms with Crippen molar-refractivity contribution in [3.05, 3.63) is 31.3 Å². The van der Waals surface area contributed by atoms with Crippen molar-refractivity contribution in [2.24, 2.45) is 0 Å². The lowest BCUT2D eigenvalue weighted by Gasteiger charge is -2.20. The van der Waals surface area contributed by atoms with Crippen LogP contribution in [-0.2, 0) is 5.41 Å². The third-order valence-corrected chi connectivity index (χ3v) is 4.72. The standard InChI is InChI=1S/C12H14BrI/c1-7-6-12(2,3)11-9(14)5-4-8(13)10(7)11/h4-5,7H,6H2,1-3H3/t7-/m0/s1. The Labute approximate surface area is 108 Å². The Morgan fingerprint density at radius 1 is 1.43 bits per heavy atom. The maximum Gasteiger partial charge on any atom is 0.0213 e. The number of rotatable bonds is 0. The Morgan fingerprint density at radius 3 is 2.64 bits per heavy atom. The van der Waals surface area contributed by atoms with E-state index in [1.165, 1.54) is 20.0 Å². The maximum atomic E-state index is 3.67. The van der Waals surface area contributed by atoms with Gasteiger partial charge < -0.3 is 0 Å². The van der Waals surface area contributed by atoms with Crippen LogP contribution in [-0.4, -0.2) is 0 Å². The van der Waals surface area contributed by atoms with E-state index in [0.29, 0.717) is 11.3 Å². The van der Waals surface area contributed by atoms with Crippen molar-refractivity contribution >= 4 is 38.5 Å². The molecule has 14 heavy (non-hydrogen) atoms. The van der Waals surface area contributed by atoms with Gasteiger partial charge >= 0.3 is 0 Å². The van der Waals surface area contributed by atoms with Crippen LogP contribution in [0.2, 0.25) is 0 Å². The molecular weight excluding hydrogens is 351 g/mol. The molecule has 0 heterocycles. The zero-order chi connectivity index (χ0) is 10.5. The molecule has 0 nitrogen and oxygen atoms in total. The number of halogens is 2. The first kappa shape index (κ1) is 10.9. The molecule has 0 saturated heterocycles. The van der Waals surface area contributed by atoms with Gasteiger partial charge in [0, 0.05) is 8.04 Å². The summed E-state index contributed by atoms with van der Waals surface area (Å²) in [5.41, 5.74) is 3.43. The molecule has 0 N–H and O–H groups in total. The van der Waals surface area contributed by atoms with E-state index in [1.807, 2.05) is 0 Å². The highest BCUT2D eigenvalue weighted by Gasteiger charge is 2.37. The van der Waals surface area contributed by atoms with E-state index in [9.17, 15) is 0 Å². The molecule has 0 aliphatic heterocycles. The number of benzene rings is 1. The topological polar surface area (TPSA) is 0 Å². The number of hydrogen-bond donors (Lipinski definition) is 0. The molecule has 0 fully saturated rings. The normalized spacial score (nSPS) is 23.6. The second kappa shape index (κ2) is 3.48. The first-order chi connectivity index (χ1) is 6.43. The Kier molecular flexibility index (Phi) is 2.71. The van der Waals surface area contributed by atoms with E-state index in [2.05, 4.69) is 71.4 Å². The van der Waals surface area contributed by atoms with Crippen molar-refractivity contribution in [3.63, 3.8) is 0 Å². The third kappa shape index (κ3) is 1.54. The molecule has 2 heteroatoms. The highest BCUT2D eigenvalue weighted by atomic mass is 127. The summed E-state index contributed by atoms with van der Waals surface area (Å²) >= 11 is 6.13. The summed E-state index contributed by atoms with van der Waals surface area (Å²) in [6.45, 7) is 7.03. The van der Waals surface area contributed by atoms with Crippen molar-refractivity contribution in [2.45, 2.75) is 38.5 Å². The highest BCUT2D eigenvalue weighted by molar-refractivity contribution is 14.1. The fourth-order valence-corrected chi connectivity index (χ4v) is 4.63. The molecule has 2 rings (SSSR count). The van der Waals surface area contributed by atoms with Crippen LogP contribution in [0, 0.1) is 3.57 Å². The van der Waals surface area contributed by atoms with Gasteiger partial charge in [-0.3, -0.25) is 0 Å². The molecule has 0 saturated carbocycles. The van der Waals surface area contributed by atoms with Crippen LogP contribution in [0.25, 0.3) is 0 Å². The second-order valence-electron chi connectivity index (χ2n) is 4.81. The van der Waals surface area contributed by atoms with Crippen LogP contribution in [0.15, 0.2) is 16.6 Å². The Hall–Kier alpha value is 0.430. The second-order valence-corrected chi connectivity index (χ2v) is 6.82. The van der Waals surface area contributed by atoms with Gasteiger partial charge in [0.25, 0.3) is 0 Å². The van der Waals surface area contributed by atoms with Gasteiger partial charge in [-0.15, -0.1) is 0 Å². The van der Waals surface area contributed by atoms with Crippen molar-refractivity contribution in [1.29, 1.82) is 0 Å². The van der Waals surface area contributed by atoms with Crippen molar-refractivity contribution < 1.29 is 0 Å². The fourth-order valence-electron chi connectivity index (χ4n) is 2.71. The van der Waals surface area contributed by atoms with E-state index in [1.54, 1.807) is 5.56 Å². The fraction of sp³-hybridized carbons (Fsp3) is 0.500. The summed E-state index contributed by atoms with van der Waals surface area (Å²) < 4.78 is 2.70. The summed E-state index contributed by atoms with van der Waals surface area (Å²) in [6.07, 6.45) is 1.26. The molecule has 1 atom stereocenters. The van der Waals surface area contributed by atoms with Gasteiger partial charge in [0.1, 0.15) is 0 Å². The molecule has 1 aliphatic carbocycles. The molecule has 1 aliphatic rings. The van der Waals surface area contributed by atoms with Crippen LogP contribution >= 0.6 is 38.5 Å². The molecule has 0 bridgehead atoms. The molecule has 0 amide bonds. The molecule has 76 valence electrons. The first-order valence-corrected chi connectivity index (χ1v) is 6.79. The molecule has 0 aromatic heterocycles. The lowest BCUT2D eigenvalue weighted by Crippen LogP contribution is -2.13. The van der Waals surface area contributed by atoms with Gasteiger partial charge in [0.05, 0.1) is 0 Å². The summed E-state index contributed by atoms with van der Waals surface area (Å²) in [6, 6.07) is 4.39. The number of fused-ring (bicyclic) bond motifs is 1. The van der Waals surface area contributed by atoms with Gasteiger partial charge in [0.2, 0.25) is 0 Å². The van der Waals surface area contributed by atoms with Gasteiger partial charge in [-0.05, 0) is 63.6 Å². The lowest BCUT2D eigenvalue weighted by molar-refractivity contribution is 0.488. The Balaban J connectivity index is 2.73. The number of hydrogen-bond acceptors (Lipinski definition) is 0. The smallest absolute Gasteiger partial charge is 0.0213 e. The van der Waals surface area contributed by atoms with Crippen LogP contribution in [0.4, 0.5) is 0 Å². The largest absolute Gasteiger partial charge is 0.0583 e. The molecule has 1 aromatic carbocycles. The summed E-state index contributed by atoms with van der Waals surface area (Å²) in [5.74, 6) is 0.684. The van der Waals surface area contributed by atoms with E-state index < -0.39 is 0 Å². The zero-order valence-electron chi connectivity index (χ0n) is 8.70. The van der Waals surface area contributed by atoms with Gasteiger partial charge in [0.15, 0.2) is 0 Å². The SMILES string of the molecule is C[C@H]1CC(C)(C)c2c(I)ccc(Br)c21. The van der Waals surface area contributed by atoms with E-state index >= 15 is 0 Å². The summed E-state index contributed by atoms with van der Waals surface area (Å²) in [4.78, 5) is 0. The minimum Gasteiger partial charge on any atom is -0.0583 e. The van der Waals surface area contributed by atoms with Gasteiger partial charge in [-0.25, -0.2) is 0 Å².